The molecule has 0 spiro atoms. The lowest BCUT2D eigenvalue weighted by Crippen LogP contribution is -2.54. The third-order valence-electron chi connectivity index (χ3n) is 10.2. The van der Waals surface area contributed by atoms with E-state index in [0.717, 1.165) is 36.6 Å². The molecule has 1 aromatic heterocycles. The normalized spacial score (nSPS) is 21.0. The molecule has 5 rings (SSSR count). The molecule has 1 saturated heterocycles. The quantitative estimate of drug-likeness (QED) is 0.367. The van der Waals surface area contributed by atoms with Gasteiger partial charge in [0.05, 0.1) is 5.60 Å². The average molecular weight is 546 g/mol. The molecule has 1 aliphatic heterocycles. The molecule has 1 amide bonds. The zero-order chi connectivity index (χ0) is 28.8. The van der Waals surface area contributed by atoms with Crippen molar-refractivity contribution in [2.24, 2.45) is 5.92 Å². The van der Waals surface area contributed by atoms with Crippen molar-refractivity contribution in [1.82, 2.24) is 4.90 Å². The number of hydrogen-bond donors (Lipinski definition) is 1. The van der Waals surface area contributed by atoms with Crippen molar-refractivity contribution in [3.63, 3.8) is 0 Å². The molecule has 214 valence electrons. The summed E-state index contributed by atoms with van der Waals surface area (Å²) >= 11 is 0. The smallest absolute Gasteiger partial charge is 0.339 e. The lowest BCUT2D eigenvalue weighted by Gasteiger charge is -2.47. The van der Waals surface area contributed by atoms with E-state index in [2.05, 4.69) is 34.6 Å². The van der Waals surface area contributed by atoms with Gasteiger partial charge in [0.15, 0.2) is 0 Å². The van der Waals surface area contributed by atoms with Crippen LogP contribution >= 0.6 is 0 Å². The van der Waals surface area contributed by atoms with Crippen molar-refractivity contribution in [2.75, 3.05) is 13.1 Å². The molecule has 2 aromatic carbocycles. The van der Waals surface area contributed by atoms with Gasteiger partial charge in [-0.2, -0.15) is 0 Å². The van der Waals surface area contributed by atoms with Crippen LogP contribution in [0.15, 0.2) is 27.4 Å². The van der Waals surface area contributed by atoms with Crippen molar-refractivity contribution >= 4 is 16.9 Å². The number of nitrogens with zero attached hydrogens (tertiary/aromatic N) is 1. The van der Waals surface area contributed by atoms with E-state index in [-0.39, 0.29) is 18.2 Å². The van der Waals surface area contributed by atoms with Gasteiger partial charge in [0, 0.05) is 42.4 Å². The molecule has 1 saturated carbocycles. The SMILES string of the molecule is Cc1c(C)c(C)c(COc2ccc3c(C)c(CCC(=O)N4CC[C@@]5(O)CCCC[C@H]5C4)c(=O)oc3c2)c(C)c1C. The summed E-state index contributed by atoms with van der Waals surface area (Å²) in [7, 11) is 0. The van der Waals surface area contributed by atoms with Gasteiger partial charge in [-0.1, -0.05) is 12.8 Å². The van der Waals surface area contributed by atoms with Crippen LogP contribution in [0, 0.1) is 47.5 Å². The number of carbonyl (C=O) groups is 1. The second kappa shape index (κ2) is 11.0. The molecule has 2 fully saturated rings. The first-order chi connectivity index (χ1) is 19.0. The summed E-state index contributed by atoms with van der Waals surface area (Å²) in [6, 6.07) is 5.65. The number of aryl methyl sites for hydroxylation is 1. The summed E-state index contributed by atoms with van der Waals surface area (Å²) in [6.07, 6.45) is 5.25. The molecule has 3 aromatic rings. The Morgan fingerprint density at radius 3 is 2.40 bits per heavy atom. The van der Waals surface area contributed by atoms with Gasteiger partial charge in [0.2, 0.25) is 5.91 Å². The Bertz CT molecular complexity index is 1490. The molecule has 2 heterocycles. The Balaban J connectivity index is 1.28. The largest absolute Gasteiger partial charge is 0.489 e. The fraction of sp³-hybridized carbons (Fsp3) is 0.529. The van der Waals surface area contributed by atoms with Crippen molar-refractivity contribution in [3.05, 3.63) is 73.1 Å². The predicted octanol–water partition coefficient (Wildman–Crippen LogP) is 6.31. The number of rotatable bonds is 6. The maximum atomic E-state index is 13.1. The molecule has 0 radical (unpaired) electrons. The molecular formula is C34H43NO5. The number of carbonyl (C=O) groups excluding carboxylic acids is 1. The average Bonchev–Trinajstić information content (AvgIpc) is 2.94. The van der Waals surface area contributed by atoms with Gasteiger partial charge >= 0.3 is 5.63 Å². The van der Waals surface area contributed by atoms with Crippen LogP contribution in [0.1, 0.15) is 83.0 Å². The first-order valence-electron chi connectivity index (χ1n) is 14.7. The number of fused-ring (bicyclic) bond motifs is 2. The van der Waals surface area contributed by atoms with Gasteiger partial charge in [0.1, 0.15) is 17.9 Å². The van der Waals surface area contributed by atoms with Gasteiger partial charge in [-0.05, 0) is 118 Å². The zero-order valence-corrected chi connectivity index (χ0v) is 24.9. The Labute approximate surface area is 237 Å². The summed E-state index contributed by atoms with van der Waals surface area (Å²) in [6.45, 7) is 14.3. The van der Waals surface area contributed by atoms with Crippen LogP contribution in [0.3, 0.4) is 0 Å². The van der Waals surface area contributed by atoms with Crippen molar-refractivity contribution in [3.8, 4) is 5.75 Å². The second-order valence-electron chi connectivity index (χ2n) is 12.2. The number of piperidine rings is 1. The van der Waals surface area contributed by atoms with Crippen LogP contribution in [0.25, 0.3) is 11.0 Å². The molecule has 0 unspecified atom stereocenters. The number of aliphatic hydroxyl groups is 1. The van der Waals surface area contributed by atoms with E-state index in [9.17, 15) is 14.7 Å². The van der Waals surface area contributed by atoms with E-state index < -0.39 is 11.2 Å². The zero-order valence-electron chi connectivity index (χ0n) is 24.9. The molecule has 2 aliphatic rings. The highest BCUT2D eigenvalue weighted by atomic mass is 16.5. The highest BCUT2D eigenvalue weighted by Gasteiger charge is 2.43. The van der Waals surface area contributed by atoms with E-state index in [1.807, 2.05) is 24.0 Å². The van der Waals surface area contributed by atoms with E-state index in [1.165, 1.54) is 33.4 Å². The third-order valence-corrected chi connectivity index (χ3v) is 10.2. The first kappa shape index (κ1) is 28.4. The van der Waals surface area contributed by atoms with Gasteiger partial charge < -0.3 is 19.2 Å². The maximum Gasteiger partial charge on any atom is 0.339 e. The van der Waals surface area contributed by atoms with E-state index >= 15 is 0 Å². The number of hydrogen-bond acceptors (Lipinski definition) is 5. The third kappa shape index (κ3) is 5.18. The van der Waals surface area contributed by atoms with E-state index in [4.69, 9.17) is 9.15 Å². The lowest BCUT2D eigenvalue weighted by atomic mass is 9.71. The summed E-state index contributed by atoms with van der Waals surface area (Å²) in [5.41, 5.74) is 8.51. The Hall–Kier alpha value is -3.12. The molecule has 6 nitrogen and oxygen atoms in total. The first-order valence-corrected chi connectivity index (χ1v) is 14.7. The number of amides is 1. The van der Waals surface area contributed by atoms with Crippen molar-refractivity contribution < 1.29 is 19.1 Å². The minimum atomic E-state index is -0.608. The molecule has 1 N–H and O–H groups in total. The highest BCUT2D eigenvalue weighted by molar-refractivity contribution is 5.83. The molecular weight excluding hydrogens is 502 g/mol. The fourth-order valence-corrected chi connectivity index (χ4v) is 6.89. The van der Waals surface area contributed by atoms with Crippen molar-refractivity contribution in [2.45, 2.75) is 98.7 Å². The van der Waals surface area contributed by atoms with Crippen LogP contribution in [0.5, 0.6) is 5.75 Å². The maximum absolute atomic E-state index is 13.1. The minimum absolute atomic E-state index is 0.0439. The van der Waals surface area contributed by atoms with Gasteiger partial charge in [-0.25, -0.2) is 4.79 Å². The predicted molar refractivity (Wildman–Crippen MR) is 158 cm³/mol. The summed E-state index contributed by atoms with van der Waals surface area (Å²) in [5.74, 6) is 0.859. The fourth-order valence-electron chi connectivity index (χ4n) is 6.89. The topological polar surface area (TPSA) is 80.0 Å². The van der Waals surface area contributed by atoms with Crippen LogP contribution in [0.4, 0.5) is 0 Å². The Morgan fingerprint density at radius 1 is 0.975 bits per heavy atom. The lowest BCUT2D eigenvalue weighted by molar-refractivity contribution is -0.143. The van der Waals surface area contributed by atoms with Crippen LogP contribution in [-0.4, -0.2) is 34.6 Å². The second-order valence-corrected chi connectivity index (χ2v) is 12.2. The van der Waals surface area contributed by atoms with Crippen molar-refractivity contribution in [1.29, 1.82) is 0 Å². The number of benzene rings is 2. The van der Waals surface area contributed by atoms with Gasteiger partial charge in [-0.15, -0.1) is 0 Å². The molecule has 6 heteroatoms. The van der Waals surface area contributed by atoms with Crippen LogP contribution in [-0.2, 0) is 17.8 Å². The summed E-state index contributed by atoms with van der Waals surface area (Å²) in [4.78, 5) is 27.9. The van der Waals surface area contributed by atoms with Crippen LogP contribution in [0.2, 0.25) is 0 Å². The summed E-state index contributed by atoms with van der Waals surface area (Å²) < 4.78 is 11.9. The van der Waals surface area contributed by atoms with E-state index in [0.29, 0.717) is 49.4 Å². The summed E-state index contributed by atoms with van der Waals surface area (Å²) in [5, 5.41) is 11.8. The van der Waals surface area contributed by atoms with Crippen LogP contribution < -0.4 is 10.4 Å². The molecule has 0 bridgehead atoms. The molecule has 40 heavy (non-hydrogen) atoms. The molecule has 1 aliphatic carbocycles. The Kier molecular flexibility index (Phi) is 7.84. The van der Waals surface area contributed by atoms with E-state index in [1.54, 1.807) is 6.07 Å². The minimum Gasteiger partial charge on any atom is -0.489 e. The monoisotopic (exact) mass is 545 g/mol. The standard InChI is InChI=1S/C34H43NO5/c1-20-21(2)23(4)30(24(5)22(20)3)19-39-27-10-11-28-25(6)29(33(37)40-31(28)17-27)12-13-32(36)35-16-15-34(38)14-8-7-9-26(34)18-35/h10-11,17,26,38H,7-9,12-16,18-19H2,1-6H3/t26-,34-/m0/s1. The van der Waals surface area contributed by atoms with Gasteiger partial charge in [0.25, 0.3) is 0 Å². The molecule has 2 atom stereocenters. The van der Waals surface area contributed by atoms with Gasteiger partial charge in [-0.3, -0.25) is 4.79 Å². The number of ether oxygens (including phenoxy) is 1. The number of likely N-dealkylation sites (tertiary alicyclic amines) is 1. The highest BCUT2D eigenvalue weighted by Crippen LogP contribution is 2.40. The Morgan fingerprint density at radius 2 is 1.68 bits per heavy atom.